The molecule has 0 aliphatic heterocycles. The number of benzene rings is 2. The lowest BCUT2D eigenvalue weighted by atomic mass is 10.1. The Morgan fingerprint density at radius 3 is 2.56 bits per heavy atom. The number of hydrogen-bond donors (Lipinski definition) is 2. The summed E-state index contributed by atoms with van der Waals surface area (Å²) in [5.74, 6) is 1.63. The van der Waals surface area contributed by atoms with Gasteiger partial charge in [0.15, 0.2) is 0 Å². The molecule has 2 aromatic carbocycles. The van der Waals surface area contributed by atoms with E-state index in [1.165, 1.54) is 0 Å². The van der Waals surface area contributed by atoms with Crippen molar-refractivity contribution in [3.63, 3.8) is 0 Å². The third kappa shape index (κ3) is 3.04. The summed E-state index contributed by atoms with van der Waals surface area (Å²) in [6, 6.07) is 18.1. The van der Waals surface area contributed by atoms with E-state index in [0.717, 1.165) is 39.4 Å². The van der Waals surface area contributed by atoms with Crippen molar-refractivity contribution in [3.05, 3.63) is 67.1 Å². The number of ether oxygens (including phenoxy) is 1. The summed E-state index contributed by atoms with van der Waals surface area (Å²) in [5.41, 5.74) is 3.95. The molecule has 0 atom stereocenters. The smallest absolute Gasteiger partial charge is 0.143 e. The Kier molecular flexibility index (Phi) is 4.04. The van der Waals surface area contributed by atoms with Gasteiger partial charge in [0.25, 0.3) is 0 Å². The minimum atomic E-state index is 0.656. The summed E-state index contributed by atoms with van der Waals surface area (Å²) < 4.78 is 5.49. The van der Waals surface area contributed by atoms with Crippen LogP contribution in [0.15, 0.2) is 67.1 Å². The van der Waals surface area contributed by atoms with Crippen LogP contribution in [0.4, 0.5) is 11.5 Å². The lowest BCUT2D eigenvalue weighted by Gasteiger charge is -2.09. The normalized spacial score (nSPS) is 10.8. The van der Waals surface area contributed by atoms with Gasteiger partial charge in [-0.25, -0.2) is 9.97 Å². The van der Waals surface area contributed by atoms with Crippen LogP contribution in [0.2, 0.25) is 0 Å². The van der Waals surface area contributed by atoms with Crippen molar-refractivity contribution in [1.29, 1.82) is 0 Å². The molecule has 5 nitrogen and oxygen atoms in total. The third-order valence-corrected chi connectivity index (χ3v) is 3.98. The van der Waals surface area contributed by atoms with Crippen molar-refractivity contribution in [2.24, 2.45) is 0 Å². The molecule has 0 fully saturated rings. The molecule has 5 heteroatoms. The number of aromatic amines is 1. The number of hydrogen-bond acceptors (Lipinski definition) is 4. The highest BCUT2D eigenvalue weighted by molar-refractivity contribution is 6.01. The molecule has 0 spiro atoms. The van der Waals surface area contributed by atoms with E-state index in [-0.39, 0.29) is 0 Å². The minimum Gasteiger partial charge on any atom is -0.494 e. The molecule has 25 heavy (non-hydrogen) atoms. The van der Waals surface area contributed by atoms with E-state index >= 15 is 0 Å². The maximum atomic E-state index is 5.49. The van der Waals surface area contributed by atoms with Crippen LogP contribution < -0.4 is 10.1 Å². The van der Waals surface area contributed by atoms with Crippen LogP contribution in [0.3, 0.4) is 0 Å². The van der Waals surface area contributed by atoms with Gasteiger partial charge in [0, 0.05) is 17.4 Å². The van der Waals surface area contributed by atoms with Crippen LogP contribution in [0, 0.1) is 0 Å². The number of aromatic nitrogens is 3. The van der Waals surface area contributed by atoms with Gasteiger partial charge in [0.05, 0.1) is 12.0 Å². The van der Waals surface area contributed by atoms with Crippen molar-refractivity contribution < 1.29 is 4.74 Å². The molecule has 4 aromatic rings. The van der Waals surface area contributed by atoms with E-state index in [9.17, 15) is 0 Å². The van der Waals surface area contributed by atoms with Crippen molar-refractivity contribution >= 4 is 22.5 Å². The Morgan fingerprint density at radius 1 is 1.00 bits per heavy atom. The van der Waals surface area contributed by atoms with Gasteiger partial charge < -0.3 is 15.0 Å². The number of fused-ring (bicyclic) bond motifs is 1. The molecule has 0 aliphatic rings. The Morgan fingerprint density at radius 2 is 1.80 bits per heavy atom. The van der Waals surface area contributed by atoms with Crippen LogP contribution >= 0.6 is 0 Å². The molecule has 124 valence electrons. The Hall–Kier alpha value is -3.34. The molecule has 2 aromatic heterocycles. The topological polar surface area (TPSA) is 62.8 Å². The Bertz CT molecular complexity index is 978. The first-order chi connectivity index (χ1) is 12.3. The fourth-order valence-corrected chi connectivity index (χ4v) is 2.84. The molecule has 2 N–H and O–H groups in total. The van der Waals surface area contributed by atoms with Gasteiger partial charge >= 0.3 is 0 Å². The van der Waals surface area contributed by atoms with Gasteiger partial charge in [0.1, 0.15) is 23.5 Å². The summed E-state index contributed by atoms with van der Waals surface area (Å²) in [6.07, 6.45) is 3.53. The first-order valence-corrected chi connectivity index (χ1v) is 8.22. The predicted octanol–water partition coefficient (Wildman–Crippen LogP) is 4.77. The zero-order valence-electron chi connectivity index (χ0n) is 13.9. The zero-order valence-corrected chi connectivity index (χ0v) is 13.9. The SMILES string of the molecule is CCOc1ccc(Nc2ncnc3[nH]cc(-c4ccccc4)c23)cc1. The van der Waals surface area contributed by atoms with Gasteiger partial charge in [-0.05, 0) is 36.8 Å². The quantitative estimate of drug-likeness (QED) is 0.553. The highest BCUT2D eigenvalue weighted by atomic mass is 16.5. The van der Waals surface area contributed by atoms with E-state index in [1.54, 1.807) is 6.33 Å². The number of rotatable bonds is 5. The van der Waals surface area contributed by atoms with Crippen LogP contribution in [0.5, 0.6) is 5.75 Å². The summed E-state index contributed by atoms with van der Waals surface area (Å²) in [4.78, 5) is 12.0. The predicted molar refractivity (Wildman–Crippen MR) is 100 cm³/mol. The third-order valence-electron chi connectivity index (χ3n) is 3.98. The summed E-state index contributed by atoms with van der Waals surface area (Å²) in [7, 11) is 0. The second kappa shape index (κ2) is 6.65. The second-order valence-corrected chi connectivity index (χ2v) is 5.60. The molecule has 0 amide bonds. The lowest BCUT2D eigenvalue weighted by molar-refractivity contribution is 0.340. The van der Waals surface area contributed by atoms with E-state index in [1.807, 2.05) is 55.6 Å². The number of anilines is 2. The Labute approximate surface area is 145 Å². The second-order valence-electron chi connectivity index (χ2n) is 5.60. The van der Waals surface area contributed by atoms with E-state index in [2.05, 4.69) is 32.4 Å². The maximum Gasteiger partial charge on any atom is 0.143 e. The van der Waals surface area contributed by atoms with Crippen molar-refractivity contribution in [2.75, 3.05) is 11.9 Å². The number of nitrogens with zero attached hydrogens (tertiary/aromatic N) is 2. The summed E-state index contributed by atoms with van der Waals surface area (Å²) in [6.45, 7) is 2.63. The van der Waals surface area contributed by atoms with Gasteiger partial charge in [-0.3, -0.25) is 0 Å². The van der Waals surface area contributed by atoms with E-state index in [0.29, 0.717) is 6.61 Å². The molecule has 0 aliphatic carbocycles. The van der Waals surface area contributed by atoms with Crippen LogP contribution in [-0.4, -0.2) is 21.6 Å². The molecule has 0 saturated carbocycles. The first-order valence-electron chi connectivity index (χ1n) is 8.22. The molecule has 2 heterocycles. The first kappa shape index (κ1) is 15.2. The molecule has 0 bridgehead atoms. The highest BCUT2D eigenvalue weighted by Crippen LogP contribution is 2.33. The maximum absolute atomic E-state index is 5.49. The van der Waals surface area contributed by atoms with Crippen LogP contribution in [0.25, 0.3) is 22.2 Å². The molecule has 0 saturated heterocycles. The van der Waals surface area contributed by atoms with Gasteiger partial charge in [-0.2, -0.15) is 0 Å². The number of H-pyrrole nitrogens is 1. The molecule has 0 unspecified atom stereocenters. The average Bonchev–Trinajstić information content (AvgIpc) is 3.10. The minimum absolute atomic E-state index is 0.656. The average molecular weight is 330 g/mol. The van der Waals surface area contributed by atoms with Gasteiger partial charge in [-0.15, -0.1) is 0 Å². The standard InChI is InChI=1S/C20H18N4O/c1-2-25-16-10-8-15(9-11-16)24-20-18-17(14-6-4-3-5-7-14)12-21-19(18)22-13-23-20/h3-13H,2H2,1H3,(H2,21,22,23,24). The van der Waals surface area contributed by atoms with E-state index < -0.39 is 0 Å². The molecular weight excluding hydrogens is 312 g/mol. The Balaban J connectivity index is 1.73. The highest BCUT2D eigenvalue weighted by Gasteiger charge is 2.12. The largest absolute Gasteiger partial charge is 0.494 e. The van der Waals surface area contributed by atoms with Crippen LogP contribution in [0.1, 0.15) is 6.92 Å². The van der Waals surface area contributed by atoms with Crippen molar-refractivity contribution in [2.45, 2.75) is 6.92 Å². The van der Waals surface area contributed by atoms with E-state index in [4.69, 9.17) is 4.74 Å². The van der Waals surface area contributed by atoms with Crippen LogP contribution in [-0.2, 0) is 0 Å². The van der Waals surface area contributed by atoms with Gasteiger partial charge in [0.2, 0.25) is 0 Å². The fraction of sp³-hybridized carbons (Fsp3) is 0.100. The lowest BCUT2D eigenvalue weighted by Crippen LogP contribution is -1.96. The summed E-state index contributed by atoms with van der Waals surface area (Å²) >= 11 is 0. The summed E-state index contributed by atoms with van der Waals surface area (Å²) in [5, 5.41) is 4.36. The zero-order chi connectivity index (χ0) is 17.1. The molecule has 0 radical (unpaired) electrons. The van der Waals surface area contributed by atoms with Crippen molar-refractivity contribution in [1.82, 2.24) is 15.0 Å². The fourth-order valence-electron chi connectivity index (χ4n) is 2.84. The molecule has 4 rings (SSSR count). The molecular formula is C20H18N4O. The monoisotopic (exact) mass is 330 g/mol. The van der Waals surface area contributed by atoms with Crippen molar-refractivity contribution in [3.8, 4) is 16.9 Å². The number of nitrogens with one attached hydrogen (secondary N) is 2. The van der Waals surface area contributed by atoms with Gasteiger partial charge in [-0.1, -0.05) is 30.3 Å².